The largest absolute Gasteiger partial charge is 0.497 e. The summed E-state index contributed by atoms with van der Waals surface area (Å²) in [5, 5.41) is 14.8. The first-order chi connectivity index (χ1) is 20.0. The standard InChI is InChI=1S/C32H36N6O3/c1-37-29-13-10-22(15-27(29)35-36-37)18-34-31(39)30-16-23(14-21-8-11-26(41-2)12-9-21)20-38(30)32(40)28-17-25(19-33-28)24-6-4-3-5-7-24/h3-13,15,23,25,28,30,33H,14,16-20H2,1-2H3,(H,34,39)/t23-,25-,28-,30+/m1/s1. The zero-order chi connectivity index (χ0) is 28.3. The number of likely N-dealkylation sites (tertiary alicyclic amines) is 1. The van der Waals surface area contributed by atoms with Crippen LogP contribution in [0.15, 0.2) is 72.8 Å². The second-order valence-electron chi connectivity index (χ2n) is 11.2. The molecule has 0 radical (unpaired) electrons. The van der Waals surface area contributed by atoms with E-state index >= 15 is 0 Å². The van der Waals surface area contributed by atoms with Crippen LogP contribution in [0.4, 0.5) is 0 Å². The van der Waals surface area contributed by atoms with Gasteiger partial charge in [-0.3, -0.25) is 9.59 Å². The van der Waals surface area contributed by atoms with E-state index in [0.29, 0.717) is 19.5 Å². The van der Waals surface area contributed by atoms with Crippen LogP contribution in [0.1, 0.15) is 35.4 Å². The molecule has 2 saturated heterocycles. The third-order valence-electron chi connectivity index (χ3n) is 8.50. The van der Waals surface area contributed by atoms with E-state index in [2.05, 4.69) is 45.2 Å². The lowest BCUT2D eigenvalue weighted by Crippen LogP contribution is -2.51. The predicted molar refractivity (Wildman–Crippen MR) is 156 cm³/mol. The van der Waals surface area contributed by atoms with Crippen LogP contribution < -0.4 is 15.4 Å². The molecule has 2 amide bonds. The van der Waals surface area contributed by atoms with Crippen LogP contribution >= 0.6 is 0 Å². The number of methoxy groups -OCH3 is 1. The molecule has 3 heterocycles. The van der Waals surface area contributed by atoms with Crippen molar-refractivity contribution in [2.45, 2.75) is 43.8 Å². The molecule has 9 nitrogen and oxygen atoms in total. The highest BCUT2D eigenvalue weighted by Crippen LogP contribution is 2.31. The molecule has 2 aliphatic rings. The lowest BCUT2D eigenvalue weighted by molar-refractivity contribution is -0.139. The van der Waals surface area contributed by atoms with Crippen molar-refractivity contribution in [1.82, 2.24) is 30.5 Å². The quantitative estimate of drug-likeness (QED) is 0.348. The SMILES string of the molecule is COc1ccc(C[C@@H]2C[C@@H](C(=O)NCc3ccc4c(c3)nnn4C)N(C(=O)[C@H]3C[C@@H](c4ccccc4)CN3)C2)cc1. The van der Waals surface area contributed by atoms with Crippen LogP contribution in [-0.2, 0) is 29.6 Å². The number of ether oxygens (including phenoxy) is 1. The number of carbonyl (C=O) groups excluding carboxylic acids is 2. The van der Waals surface area contributed by atoms with Gasteiger partial charge in [-0.25, -0.2) is 4.68 Å². The lowest BCUT2D eigenvalue weighted by Gasteiger charge is -2.27. The Hall–Kier alpha value is -4.24. The minimum atomic E-state index is -0.511. The third-order valence-corrected chi connectivity index (χ3v) is 8.50. The summed E-state index contributed by atoms with van der Waals surface area (Å²) >= 11 is 0. The fraction of sp³-hybridized carbons (Fsp3) is 0.375. The summed E-state index contributed by atoms with van der Waals surface area (Å²) in [5.41, 5.74) is 5.08. The molecule has 9 heteroatoms. The van der Waals surface area contributed by atoms with Crippen LogP contribution in [0, 0.1) is 5.92 Å². The minimum Gasteiger partial charge on any atom is -0.497 e. The van der Waals surface area contributed by atoms with E-state index in [1.165, 1.54) is 11.1 Å². The highest BCUT2D eigenvalue weighted by molar-refractivity contribution is 5.90. The number of fused-ring (bicyclic) bond motifs is 1. The van der Waals surface area contributed by atoms with Gasteiger partial charge >= 0.3 is 0 Å². The molecule has 0 saturated carbocycles. The maximum absolute atomic E-state index is 13.9. The first-order valence-electron chi connectivity index (χ1n) is 14.3. The number of amides is 2. The summed E-state index contributed by atoms with van der Waals surface area (Å²) in [6, 6.07) is 23.4. The van der Waals surface area contributed by atoms with Gasteiger partial charge in [-0.05, 0) is 72.1 Å². The third kappa shape index (κ3) is 5.81. The second-order valence-corrected chi connectivity index (χ2v) is 11.2. The van der Waals surface area contributed by atoms with Gasteiger partial charge in [0.1, 0.15) is 17.3 Å². The Bertz CT molecular complexity index is 1520. The predicted octanol–water partition coefficient (Wildman–Crippen LogP) is 3.20. The van der Waals surface area contributed by atoms with Crippen molar-refractivity contribution in [3.8, 4) is 5.75 Å². The van der Waals surface area contributed by atoms with Crippen LogP contribution in [0.3, 0.4) is 0 Å². The first kappa shape index (κ1) is 27.0. The van der Waals surface area contributed by atoms with E-state index in [1.54, 1.807) is 11.8 Å². The topological polar surface area (TPSA) is 101 Å². The van der Waals surface area contributed by atoms with Crippen molar-refractivity contribution >= 4 is 22.8 Å². The van der Waals surface area contributed by atoms with E-state index in [4.69, 9.17) is 4.74 Å². The molecular formula is C32H36N6O3. The van der Waals surface area contributed by atoms with Crippen molar-refractivity contribution in [1.29, 1.82) is 0 Å². The Labute approximate surface area is 239 Å². The van der Waals surface area contributed by atoms with Crippen LogP contribution in [-0.4, -0.2) is 64.0 Å². The normalized spacial score (nSPS) is 22.2. The average molecular weight is 553 g/mol. The fourth-order valence-corrected chi connectivity index (χ4v) is 6.26. The minimum absolute atomic E-state index is 0.0155. The summed E-state index contributed by atoms with van der Waals surface area (Å²) in [7, 11) is 3.51. The molecule has 6 rings (SSSR count). The Morgan fingerprint density at radius 1 is 1.02 bits per heavy atom. The number of aromatic nitrogens is 3. The van der Waals surface area contributed by atoms with Gasteiger partial charge in [0.15, 0.2) is 0 Å². The van der Waals surface area contributed by atoms with Gasteiger partial charge in [0.05, 0.1) is 18.7 Å². The van der Waals surface area contributed by atoms with Gasteiger partial charge in [-0.15, -0.1) is 5.10 Å². The molecule has 0 unspecified atom stereocenters. The van der Waals surface area contributed by atoms with Crippen LogP contribution in [0.25, 0.3) is 11.0 Å². The van der Waals surface area contributed by atoms with Crippen molar-refractivity contribution in [3.63, 3.8) is 0 Å². The zero-order valence-corrected chi connectivity index (χ0v) is 23.5. The summed E-state index contributed by atoms with van der Waals surface area (Å²) in [5.74, 6) is 1.18. The Balaban J connectivity index is 1.16. The van der Waals surface area contributed by atoms with Gasteiger partial charge in [0, 0.05) is 26.7 Å². The second kappa shape index (κ2) is 11.7. The number of rotatable bonds is 8. The molecule has 2 fully saturated rings. The van der Waals surface area contributed by atoms with E-state index in [1.807, 2.05) is 60.5 Å². The molecule has 0 aliphatic carbocycles. The van der Waals surface area contributed by atoms with E-state index in [0.717, 1.165) is 41.7 Å². The van der Waals surface area contributed by atoms with Gasteiger partial charge in [-0.1, -0.05) is 53.7 Å². The Morgan fingerprint density at radius 2 is 1.80 bits per heavy atom. The molecule has 41 heavy (non-hydrogen) atoms. The van der Waals surface area contributed by atoms with Gasteiger partial charge in [0.2, 0.25) is 11.8 Å². The lowest BCUT2D eigenvalue weighted by atomic mass is 9.96. The smallest absolute Gasteiger partial charge is 0.243 e. The molecular weight excluding hydrogens is 516 g/mol. The number of hydrogen-bond acceptors (Lipinski definition) is 6. The van der Waals surface area contributed by atoms with Gasteiger partial charge in [-0.2, -0.15) is 0 Å². The molecule has 3 aromatic carbocycles. The molecule has 4 atom stereocenters. The van der Waals surface area contributed by atoms with Crippen molar-refractivity contribution in [2.75, 3.05) is 20.2 Å². The van der Waals surface area contributed by atoms with Gasteiger partial charge < -0.3 is 20.3 Å². The summed E-state index contributed by atoms with van der Waals surface area (Å²) in [6.07, 6.45) is 2.15. The number of aryl methyl sites for hydroxylation is 1. The maximum Gasteiger partial charge on any atom is 0.243 e. The molecule has 4 aromatic rings. The zero-order valence-electron chi connectivity index (χ0n) is 23.5. The maximum atomic E-state index is 13.9. The van der Waals surface area contributed by atoms with E-state index in [9.17, 15) is 9.59 Å². The van der Waals surface area contributed by atoms with Crippen molar-refractivity contribution in [3.05, 3.63) is 89.5 Å². The van der Waals surface area contributed by atoms with Gasteiger partial charge in [0.25, 0.3) is 0 Å². The van der Waals surface area contributed by atoms with Crippen LogP contribution in [0.2, 0.25) is 0 Å². The molecule has 212 valence electrons. The number of nitrogens with zero attached hydrogens (tertiary/aromatic N) is 4. The molecule has 2 N–H and O–H groups in total. The van der Waals surface area contributed by atoms with Crippen molar-refractivity contribution < 1.29 is 14.3 Å². The monoisotopic (exact) mass is 552 g/mol. The summed E-state index contributed by atoms with van der Waals surface area (Å²) in [4.78, 5) is 29.3. The fourth-order valence-electron chi connectivity index (χ4n) is 6.26. The summed E-state index contributed by atoms with van der Waals surface area (Å²) in [6.45, 7) is 1.68. The van der Waals surface area contributed by atoms with E-state index in [-0.39, 0.29) is 29.7 Å². The Kier molecular flexibility index (Phi) is 7.69. The highest BCUT2D eigenvalue weighted by Gasteiger charge is 2.43. The average Bonchev–Trinajstić information content (AvgIpc) is 3.76. The number of benzene rings is 3. The summed E-state index contributed by atoms with van der Waals surface area (Å²) < 4.78 is 7.02. The Morgan fingerprint density at radius 3 is 2.59 bits per heavy atom. The number of carbonyl (C=O) groups is 2. The first-order valence-corrected chi connectivity index (χ1v) is 14.3. The van der Waals surface area contributed by atoms with Crippen molar-refractivity contribution in [2.24, 2.45) is 13.0 Å². The molecule has 1 aromatic heterocycles. The molecule has 0 bridgehead atoms. The highest BCUT2D eigenvalue weighted by atomic mass is 16.5. The van der Waals surface area contributed by atoms with E-state index < -0.39 is 6.04 Å². The number of nitrogens with one attached hydrogen (secondary N) is 2. The molecule has 2 aliphatic heterocycles. The number of hydrogen-bond donors (Lipinski definition) is 2. The molecule has 0 spiro atoms. The van der Waals surface area contributed by atoms with Crippen LogP contribution in [0.5, 0.6) is 5.75 Å².